The second kappa shape index (κ2) is 7.56. The van der Waals surface area contributed by atoms with Gasteiger partial charge in [0, 0.05) is 12.6 Å². The van der Waals surface area contributed by atoms with E-state index >= 15 is 0 Å². The lowest BCUT2D eigenvalue weighted by molar-refractivity contribution is -0.124. The van der Waals surface area contributed by atoms with Crippen LogP contribution in [0.25, 0.3) is 0 Å². The molecule has 1 amide bonds. The van der Waals surface area contributed by atoms with E-state index in [4.69, 9.17) is 5.73 Å². The molecule has 1 heterocycles. The van der Waals surface area contributed by atoms with Gasteiger partial charge in [-0.05, 0) is 46.2 Å². The maximum Gasteiger partial charge on any atom is 0.237 e. The molecule has 0 saturated carbocycles. The summed E-state index contributed by atoms with van der Waals surface area (Å²) in [6.07, 6.45) is 2.43. The predicted molar refractivity (Wildman–Crippen MR) is 84.8 cm³/mol. The van der Waals surface area contributed by atoms with Crippen LogP contribution in [0.5, 0.6) is 0 Å². The highest BCUT2D eigenvalue weighted by Gasteiger charge is 2.31. The molecule has 1 aliphatic heterocycles. The first-order valence-electron chi connectivity index (χ1n) is 7.69. The van der Waals surface area contributed by atoms with Crippen LogP contribution in [-0.4, -0.2) is 61.9 Å². The zero-order valence-electron chi connectivity index (χ0n) is 13.4. The average molecular weight is 319 g/mol. The minimum absolute atomic E-state index is 0.0483. The summed E-state index contributed by atoms with van der Waals surface area (Å²) in [7, 11) is -2.87. The molecule has 6 nitrogen and oxygen atoms in total. The van der Waals surface area contributed by atoms with Gasteiger partial charge in [-0.2, -0.15) is 0 Å². The lowest BCUT2D eigenvalue weighted by Gasteiger charge is -2.34. The molecular weight excluding hydrogens is 290 g/mol. The molecule has 7 heteroatoms. The summed E-state index contributed by atoms with van der Waals surface area (Å²) in [5.74, 6) is 0.136. The Morgan fingerprint density at radius 1 is 1.48 bits per heavy atom. The average Bonchev–Trinajstić information content (AvgIpc) is 2.38. The maximum atomic E-state index is 11.6. The topological polar surface area (TPSA) is 92.5 Å². The summed E-state index contributed by atoms with van der Waals surface area (Å²) in [4.78, 5) is 13.8. The lowest BCUT2D eigenvalue weighted by Crippen LogP contribution is -2.54. The Morgan fingerprint density at radius 2 is 2.14 bits per heavy atom. The summed E-state index contributed by atoms with van der Waals surface area (Å²) in [6.45, 7) is 7.98. The predicted octanol–water partition coefficient (Wildman–Crippen LogP) is 0.129. The zero-order chi connectivity index (χ0) is 16.1. The van der Waals surface area contributed by atoms with Crippen molar-refractivity contribution in [3.05, 3.63) is 0 Å². The fourth-order valence-electron chi connectivity index (χ4n) is 2.70. The summed E-state index contributed by atoms with van der Waals surface area (Å²) in [5.41, 5.74) is 4.82. The maximum absolute atomic E-state index is 11.6. The van der Waals surface area contributed by atoms with Gasteiger partial charge in [0.2, 0.25) is 5.91 Å². The van der Waals surface area contributed by atoms with E-state index in [0.717, 1.165) is 25.9 Å². The van der Waals surface area contributed by atoms with E-state index in [1.54, 1.807) is 0 Å². The largest absolute Gasteiger partial charge is 0.368 e. The number of nitrogens with one attached hydrogen (secondary N) is 1. The monoisotopic (exact) mass is 319 g/mol. The molecule has 1 rings (SSSR count). The number of rotatable bonds is 8. The van der Waals surface area contributed by atoms with E-state index in [1.165, 1.54) is 0 Å². The molecular formula is C14H29N3O3S. The first-order valence-corrected chi connectivity index (χ1v) is 9.52. The van der Waals surface area contributed by atoms with Gasteiger partial charge in [0.05, 0.1) is 17.0 Å². The number of amides is 1. The first kappa shape index (κ1) is 18.4. The fraction of sp³-hybridized carbons (Fsp3) is 0.929. The Hall–Kier alpha value is -0.660. The number of carbonyl (C=O) groups is 1. The Morgan fingerprint density at radius 3 is 2.67 bits per heavy atom. The smallest absolute Gasteiger partial charge is 0.237 e. The van der Waals surface area contributed by atoms with Crippen LogP contribution in [0.2, 0.25) is 0 Å². The van der Waals surface area contributed by atoms with E-state index in [-0.39, 0.29) is 23.5 Å². The van der Waals surface area contributed by atoms with Crippen LogP contribution in [0.4, 0.5) is 0 Å². The van der Waals surface area contributed by atoms with E-state index in [2.05, 4.69) is 10.2 Å². The molecule has 1 fully saturated rings. The Balaban J connectivity index is 2.46. The number of nitrogens with zero attached hydrogens (tertiary/aromatic N) is 1. The molecule has 0 spiro atoms. The van der Waals surface area contributed by atoms with E-state index < -0.39 is 15.4 Å². The highest BCUT2D eigenvalue weighted by molar-refractivity contribution is 7.91. The molecule has 1 saturated heterocycles. The standard InChI is InChI=1S/C14H29N3O3S/c1-4-7-16-14(3,13(15)18)6-5-8-17-9-10-21(19,20)11-12(17)2/h12,16H,4-11H2,1-3H3,(H2,15,18). The summed E-state index contributed by atoms with van der Waals surface area (Å²) in [5, 5.41) is 3.22. The van der Waals surface area contributed by atoms with Gasteiger partial charge in [0.1, 0.15) is 0 Å². The second-order valence-corrected chi connectivity index (χ2v) is 8.45. The highest BCUT2D eigenvalue weighted by atomic mass is 32.2. The van der Waals surface area contributed by atoms with Crippen LogP contribution in [0.3, 0.4) is 0 Å². The van der Waals surface area contributed by atoms with Crippen LogP contribution < -0.4 is 11.1 Å². The summed E-state index contributed by atoms with van der Waals surface area (Å²) < 4.78 is 23.1. The molecule has 3 N–H and O–H groups in total. The van der Waals surface area contributed by atoms with Crippen LogP contribution in [0, 0.1) is 0 Å². The zero-order valence-corrected chi connectivity index (χ0v) is 14.2. The van der Waals surface area contributed by atoms with Gasteiger partial charge in [-0.3, -0.25) is 9.69 Å². The Bertz CT molecular complexity index is 452. The third-order valence-electron chi connectivity index (χ3n) is 4.24. The number of hydrogen-bond acceptors (Lipinski definition) is 5. The van der Waals surface area contributed by atoms with Crippen LogP contribution in [0.1, 0.15) is 40.0 Å². The van der Waals surface area contributed by atoms with Gasteiger partial charge >= 0.3 is 0 Å². The fourth-order valence-corrected chi connectivity index (χ4v) is 4.33. The number of carbonyl (C=O) groups excluding carboxylic acids is 1. The van der Waals surface area contributed by atoms with Gasteiger partial charge in [-0.15, -0.1) is 0 Å². The van der Waals surface area contributed by atoms with Crippen molar-refractivity contribution in [2.24, 2.45) is 5.73 Å². The van der Waals surface area contributed by atoms with Crippen molar-refractivity contribution in [2.45, 2.75) is 51.6 Å². The molecule has 0 bridgehead atoms. The molecule has 0 aromatic rings. The normalized spacial score (nSPS) is 25.4. The second-order valence-electron chi connectivity index (χ2n) is 6.23. The van der Waals surface area contributed by atoms with Gasteiger partial charge in [-0.1, -0.05) is 6.92 Å². The van der Waals surface area contributed by atoms with Crippen molar-refractivity contribution in [1.29, 1.82) is 0 Å². The third-order valence-corrected chi connectivity index (χ3v) is 6.03. The van der Waals surface area contributed by atoms with Crippen LogP contribution >= 0.6 is 0 Å². The number of nitrogens with two attached hydrogens (primary N) is 1. The van der Waals surface area contributed by atoms with Gasteiger partial charge in [0.25, 0.3) is 0 Å². The van der Waals surface area contributed by atoms with Gasteiger partial charge in [0.15, 0.2) is 9.84 Å². The van der Waals surface area contributed by atoms with Crippen molar-refractivity contribution in [3.63, 3.8) is 0 Å². The number of sulfone groups is 1. The van der Waals surface area contributed by atoms with Crippen molar-refractivity contribution in [3.8, 4) is 0 Å². The molecule has 0 aliphatic carbocycles. The molecule has 2 unspecified atom stereocenters. The van der Waals surface area contributed by atoms with Gasteiger partial charge in [-0.25, -0.2) is 8.42 Å². The highest BCUT2D eigenvalue weighted by Crippen LogP contribution is 2.16. The Kier molecular flexibility index (Phi) is 6.62. The SMILES string of the molecule is CCCNC(C)(CCCN1CCS(=O)(=O)CC1C)C(N)=O. The van der Waals surface area contributed by atoms with Crippen LogP contribution in [-0.2, 0) is 14.6 Å². The summed E-state index contributed by atoms with van der Waals surface area (Å²) in [6, 6.07) is 0.0483. The number of primary amides is 1. The van der Waals surface area contributed by atoms with Crippen LogP contribution in [0.15, 0.2) is 0 Å². The summed E-state index contributed by atoms with van der Waals surface area (Å²) >= 11 is 0. The third kappa shape index (κ3) is 5.56. The van der Waals surface area contributed by atoms with E-state index in [0.29, 0.717) is 13.0 Å². The van der Waals surface area contributed by atoms with Gasteiger partial charge < -0.3 is 11.1 Å². The van der Waals surface area contributed by atoms with Crippen molar-refractivity contribution in [2.75, 3.05) is 31.1 Å². The van der Waals surface area contributed by atoms with Crippen molar-refractivity contribution >= 4 is 15.7 Å². The quantitative estimate of drug-likeness (QED) is 0.663. The molecule has 0 aromatic heterocycles. The minimum atomic E-state index is -2.87. The van der Waals surface area contributed by atoms with Crippen molar-refractivity contribution < 1.29 is 13.2 Å². The molecule has 0 radical (unpaired) electrons. The van der Waals surface area contributed by atoms with E-state index in [1.807, 2.05) is 20.8 Å². The molecule has 21 heavy (non-hydrogen) atoms. The van der Waals surface area contributed by atoms with Crippen molar-refractivity contribution in [1.82, 2.24) is 10.2 Å². The lowest BCUT2D eigenvalue weighted by atomic mass is 9.94. The molecule has 2 atom stereocenters. The molecule has 0 aromatic carbocycles. The minimum Gasteiger partial charge on any atom is -0.368 e. The Labute approximate surface area is 128 Å². The van der Waals surface area contributed by atoms with E-state index in [9.17, 15) is 13.2 Å². The number of hydrogen-bond donors (Lipinski definition) is 2. The molecule has 124 valence electrons. The molecule has 1 aliphatic rings. The first-order chi connectivity index (χ1) is 9.70.